The third-order valence-corrected chi connectivity index (χ3v) is 5.33. The predicted octanol–water partition coefficient (Wildman–Crippen LogP) is 4.02. The van der Waals surface area contributed by atoms with Gasteiger partial charge in [-0.15, -0.1) is 0 Å². The monoisotopic (exact) mass is 508 g/mol. The van der Waals surface area contributed by atoms with E-state index < -0.39 is 24.1 Å². The van der Waals surface area contributed by atoms with Crippen LogP contribution in [0.1, 0.15) is 38.2 Å². The summed E-state index contributed by atoms with van der Waals surface area (Å²) in [5.74, 6) is -2.35. The molecular weight excluding hydrogens is 488 g/mol. The van der Waals surface area contributed by atoms with Gasteiger partial charge in [0.05, 0.1) is 30.5 Å². The topological polar surface area (TPSA) is 102 Å². The molecule has 0 aliphatic carbocycles. The van der Waals surface area contributed by atoms with Gasteiger partial charge in [0.25, 0.3) is 0 Å². The fourth-order valence-electron chi connectivity index (χ4n) is 2.66. The first-order valence-corrected chi connectivity index (χ1v) is 9.94. The molecule has 1 aliphatic heterocycles. The minimum Gasteiger partial charge on any atom is -0.487 e. The zero-order valence-corrected chi connectivity index (χ0v) is 18.2. The lowest BCUT2D eigenvalue weighted by atomic mass is 9.92. The molecule has 0 amide bonds. The highest BCUT2D eigenvalue weighted by Gasteiger charge is 2.29. The van der Waals surface area contributed by atoms with E-state index in [2.05, 4.69) is 31.9 Å². The Labute approximate surface area is 174 Å². The van der Waals surface area contributed by atoms with Crippen molar-refractivity contribution in [2.75, 3.05) is 19.8 Å². The maximum Gasteiger partial charge on any atom is 0.303 e. The highest BCUT2D eigenvalue weighted by molar-refractivity contribution is 9.11. The van der Waals surface area contributed by atoms with Gasteiger partial charge in [-0.1, -0.05) is 29.8 Å². The molecule has 0 aromatic heterocycles. The largest absolute Gasteiger partial charge is 0.487 e. The van der Waals surface area contributed by atoms with Crippen molar-refractivity contribution in [3.8, 4) is 5.75 Å². The number of hydrogen-bond donors (Lipinski definition) is 2. The molecule has 0 atom stereocenters. The standard InChI is InChI=1S/C18H22Br2O7/c1-18(2)8-26-17(27-9-18)7-25-14-5-11(12(19)6-13(14)20)10(3-15(21)22)4-16(23)24/h5-6,10,17H,3-4,7-9H2,1-2H3,(H,21,22)(H,23,24). The third kappa shape index (κ3) is 6.74. The molecule has 7 nitrogen and oxygen atoms in total. The summed E-state index contributed by atoms with van der Waals surface area (Å²) in [5, 5.41) is 18.2. The van der Waals surface area contributed by atoms with Crippen molar-refractivity contribution in [2.45, 2.75) is 38.9 Å². The van der Waals surface area contributed by atoms with Crippen molar-refractivity contribution in [3.63, 3.8) is 0 Å². The van der Waals surface area contributed by atoms with E-state index >= 15 is 0 Å². The minimum atomic E-state index is -1.06. The highest BCUT2D eigenvalue weighted by atomic mass is 79.9. The van der Waals surface area contributed by atoms with Gasteiger partial charge in [-0.2, -0.15) is 0 Å². The molecule has 150 valence electrons. The maximum absolute atomic E-state index is 11.1. The van der Waals surface area contributed by atoms with Crippen LogP contribution in [0, 0.1) is 5.41 Å². The van der Waals surface area contributed by atoms with Crippen molar-refractivity contribution < 1.29 is 34.0 Å². The zero-order valence-electron chi connectivity index (χ0n) is 15.0. The summed E-state index contributed by atoms with van der Waals surface area (Å²) in [4.78, 5) is 22.3. The Balaban J connectivity index is 2.14. The third-order valence-electron chi connectivity index (χ3n) is 4.03. The summed E-state index contributed by atoms with van der Waals surface area (Å²) in [6.45, 7) is 5.39. The Hall–Kier alpha value is -1.16. The fraction of sp³-hybridized carbons (Fsp3) is 0.556. The summed E-state index contributed by atoms with van der Waals surface area (Å²) in [5.41, 5.74) is 0.521. The van der Waals surface area contributed by atoms with E-state index in [4.69, 9.17) is 24.4 Å². The molecule has 1 aromatic carbocycles. The minimum absolute atomic E-state index is 0.0389. The van der Waals surface area contributed by atoms with Crippen LogP contribution in [0.15, 0.2) is 21.1 Å². The fourth-order valence-corrected chi connectivity index (χ4v) is 4.10. The lowest BCUT2D eigenvalue weighted by molar-refractivity contribution is -0.231. The molecule has 27 heavy (non-hydrogen) atoms. The Morgan fingerprint density at radius 2 is 1.70 bits per heavy atom. The van der Waals surface area contributed by atoms with Crippen LogP contribution < -0.4 is 4.74 Å². The van der Waals surface area contributed by atoms with Gasteiger partial charge >= 0.3 is 11.9 Å². The van der Waals surface area contributed by atoms with Gasteiger partial charge in [-0.3, -0.25) is 9.59 Å². The van der Waals surface area contributed by atoms with E-state index in [1.165, 1.54) is 0 Å². The van der Waals surface area contributed by atoms with Crippen LogP contribution in [0.5, 0.6) is 5.75 Å². The molecular formula is C18H22Br2O7. The Kier molecular flexibility index (Phi) is 7.67. The highest BCUT2D eigenvalue weighted by Crippen LogP contribution is 2.38. The van der Waals surface area contributed by atoms with E-state index in [1.807, 2.05) is 13.8 Å². The number of carbonyl (C=O) groups is 2. The molecule has 1 heterocycles. The van der Waals surface area contributed by atoms with Gasteiger partial charge in [0.2, 0.25) is 0 Å². The molecule has 0 spiro atoms. The second-order valence-electron chi connectivity index (χ2n) is 7.22. The van der Waals surface area contributed by atoms with Gasteiger partial charge in [-0.25, -0.2) is 0 Å². The first-order chi connectivity index (χ1) is 12.6. The molecule has 0 unspecified atom stereocenters. The summed E-state index contributed by atoms with van der Waals surface area (Å²) >= 11 is 6.79. The number of rotatable bonds is 8. The van der Waals surface area contributed by atoms with E-state index in [9.17, 15) is 9.59 Å². The Bertz CT molecular complexity index is 679. The van der Waals surface area contributed by atoms with Gasteiger partial charge in [-0.05, 0) is 33.6 Å². The SMILES string of the molecule is CC1(C)COC(COc2cc(C(CC(=O)O)CC(=O)O)c(Br)cc2Br)OC1. The predicted molar refractivity (Wildman–Crippen MR) is 104 cm³/mol. The molecule has 1 fully saturated rings. The summed E-state index contributed by atoms with van der Waals surface area (Å²) in [6.07, 6.45) is -1.09. The molecule has 1 aromatic rings. The summed E-state index contributed by atoms with van der Waals surface area (Å²) in [7, 11) is 0. The van der Waals surface area contributed by atoms with Crippen LogP contribution in [0.25, 0.3) is 0 Å². The molecule has 0 radical (unpaired) electrons. The lowest BCUT2D eigenvalue weighted by Gasteiger charge is -2.34. The van der Waals surface area contributed by atoms with Crippen LogP contribution in [-0.4, -0.2) is 48.3 Å². The number of carboxylic acid groups (broad SMARTS) is 2. The number of ether oxygens (including phenoxy) is 3. The average molecular weight is 510 g/mol. The van der Waals surface area contributed by atoms with Crippen molar-refractivity contribution in [1.82, 2.24) is 0 Å². The van der Waals surface area contributed by atoms with Crippen molar-refractivity contribution >= 4 is 43.8 Å². The first-order valence-electron chi connectivity index (χ1n) is 8.36. The molecule has 2 N–H and O–H groups in total. The van der Waals surface area contributed by atoms with Gasteiger partial charge in [0.15, 0.2) is 6.29 Å². The average Bonchev–Trinajstić information content (AvgIpc) is 2.53. The van der Waals surface area contributed by atoms with Gasteiger partial charge in [0.1, 0.15) is 12.4 Å². The van der Waals surface area contributed by atoms with Crippen LogP contribution in [0.4, 0.5) is 0 Å². The van der Waals surface area contributed by atoms with Crippen LogP contribution >= 0.6 is 31.9 Å². The quantitative estimate of drug-likeness (QED) is 0.545. The lowest BCUT2D eigenvalue weighted by Crippen LogP contribution is -2.40. The normalized spacial score (nSPS) is 17.1. The summed E-state index contributed by atoms with van der Waals surface area (Å²) < 4.78 is 18.3. The maximum atomic E-state index is 11.1. The second kappa shape index (κ2) is 9.36. The van der Waals surface area contributed by atoms with Gasteiger partial charge in [0, 0.05) is 15.8 Å². The Morgan fingerprint density at radius 3 is 2.22 bits per heavy atom. The van der Waals surface area contributed by atoms with E-state index in [0.29, 0.717) is 33.5 Å². The number of halogens is 2. The van der Waals surface area contributed by atoms with E-state index in [1.54, 1.807) is 12.1 Å². The smallest absolute Gasteiger partial charge is 0.303 e. The van der Waals surface area contributed by atoms with Crippen molar-refractivity contribution in [3.05, 3.63) is 26.6 Å². The second-order valence-corrected chi connectivity index (χ2v) is 8.93. The van der Waals surface area contributed by atoms with E-state index in [0.717, 1.165) is 0 Å². The van der Waals surface area contributed by atoms with Crippen LogP contribution in [-0.2, 0) is 19.1 Å². The molecule has 9 heteroatoms. The van der Waals surface area contributed by atoms with Crippen LogP contribution in [0.2, 0.25) is 0 Å². The number of carboxylic acids is 2. The molecule has 1 aliphatic rings. The molecule has 1 saturated heterocycles. The van der Waals surface area contributed by atoms with Crippen LogP contribution in [0.3, 0.4) is 0 Å². The van der Waals surface area contributed by atoms with Gasteiger partial charge < -0.3 is 24.4 Å². The molecule has 2 rings (SSSR count). The van der Waals surface area contributed by atoms with Crippen molar-refractivity contribution in [1.29, 1.82) is 0 Å². The van der Waals surface area contributed by atoms with E-state index in [-0.39, 0.29) is 24.9 Å². The number of benzene rings is 1. The number of aliphatic carboxylic acids is 2. The molecule has 0 bridgehead atoms. The zero-order chi connectivity index (χ0) is 20.2. The molecule has 0 saturated carbocycles. The first kappa shape index (κ1) is 22.1. The Morgan fingerprint density at radius 1 is 1.15 bits per heavy atom. The number of hydrogen-bond acceptors (Lipinski definition) is 5. The van der Waals surface area contributed by atoms with Crippen molar-refractivity contribution in [2.24, 2.45) is 5.41 Å². The summed E-state index contributed by atoms with van der Waals surface area (Å²) in [6, 6.07) is 3.37.